The number of hydrogen-bond donors (Lipinski definition) is 1. The molecule has 1 saturated heterocycles. The lowest BCUT2D eigenvalue weighted by Gasteiger charge is -2.14. The Morgan fingerprint density at radius 1 is 1.16 bits per heavy atom. The first-order valence-electron chi connectivity index (χ1n) is 12.1. The van der Waals surface area contributed by atoms with Crippen LogP contribution in [0.5, 0.6) is 5.75 Å². The number of nitrogens with zero attached hydrogens (tertiary/aromatic N) is 3. The average molecular weight is 539 g/mol. The Bertz CT molecular complexity index is 1370. The average Bonchev–Trinajstić information content (AvgIpc) is 3.16. The third-order valence-electron chi connectivity index (χ3n) is 5.77. The Morgan fingerprint density at radius 3 is 2.68 bits per heavy atom. The first-order chi connectivity index (χ1) is 17.9. The monoisotopic (exact) mass is 538 g/mol. The van der Waals surface area contributed by atoms with Crippen LogP contribution in [0.1, 0.15) is 31.4 Å². The van der Waals surface area contributed by atoms with Gasteiger partial charge < -0.3 is 14.8 Å². The summed E-state index contributed by atoms with van der Waals surface area (Å²) in [5, 5.41) is 3.26. The SMILES string of the molecule is COc1ccc(CCN2C(=O)/C(=C/c3c(NCCCOC(C)C)nc4ccccn4c3=O)SC2=S)cc1. The number of aromatic nitrogens is 2. The van der Waals surface area contributed by atoms with Crippen molar-refractivity contribution in [3.05, 3.63) is 75.0 Å². The molecule has 4 rings (SSSR count). The van der Waals surface area contributed by atoms with Crippen molar-refractivity contribution in [2.75, 3.05) is 32.1 Å². The first kappa shape index (κ1) is 26.8. The molecule has 1 aliphatic heterocycles. The quantitative estimate of drug-likeness (QED) is 0.219. The van der Waals surface area contributed by atoms with Crippen molar-refractivity contribution in [3.8, 4) is 5.75 Å². The van der Waals surface area contributed by atoms with E-state index < -0.39 is 0 Å². The van der Waals surface area contributed by atoms with Crippen molar-refractivity contribution in [1.29, 1.82) is 0 Å². The minimum Gasteiger partial charge on any atom is -0.497 e. The third kappa shape index (κ3) is 6.57. The molecule has 0 bridgehead atoms. The summed E-state index contributed by atoms with van der Waals surface area (Å²) in [5.41, 5.74) is 1.67. The van der Waals surface area contributed by atoms with Gasteiger partial charge in [-0.25, -0.2) is 4.98 Å². The Morgan fingerprint density at radius 2 is 1.95 bits per heavy atom. The number of benzene rings is 1. The van der Waals surface area contributed by atoms with Gasteiger partial charge in [-0.2, -0.15) is 0 Å². The molecule has 1 aromatic carbocycles. The van der Waals surface area contributed by atoms with Gasteiger partial charge in [-0.05, 0) is 62.6 Å². The number of anilines is 1. The maximum atomic E-state index is 13.4. The molecule has 0 radical (unpaired) electrons. The highest BCUT2D eigenvalue weighted by Gasteiger charge is 2.32. The molecule has 1 amide bonds. The zero-order chi connectivity index (χ0) is 26.4. The van der Waals surface area contributed by atoms with E-state index in [0.717, 1.165) is 17.7 Å². The molecule has 194 valence electrons. The van der Waals surface area contributed by atoms with Gasteiger partial charge in [0.1, 0.15) is 21.5 Å². The largest absolute Gasteiger partial charge is 0.497 e. The van der Waals surface area contributed by atoms with E-state index in [2.05, 4.69) is 10.3 Å². The van der Waals surface area contributed by atoms with Crippen LogP contribution in [0, 0.1) is 0 Å². The lowest BCUT2D eigenvalue weighted by molar-refractivity contribution is -0.122. The lowest BCUT2D eigenvalue weighted by atomic mass is 10.1. The van der Waals surface area contributed by atoms with E-state index in [1.165, 1.54) is 16.2 Å². The van der Waals surface area contributed by atoms with Crippen LogP contribution < -0.4 is 15.6 Å². The highest BCUT2D eigenvalue weighted by molar-refractivity contribution is 8.26. The van der Waals surface area contributed by atoms with Crippen LogP contribution in [0.4, 0.5) is 5.82 Å². The number of pyridine rings is 1. The molecule has 10 heteroatoms. The zero-order valence-corrected chi connectivity index (χ0v) is 22.7. The number of ether oxygens (including phenoxy) is 2. The molecule has 1 aliphatic rings. The van der Waals surface area contributed by atoms with Gasteiger partial charge in [0.05, 0.1) is 23.7 Å². The number of methoxy groups -OCH3 is 1. The van der Waals surface area contributed by atoms with Gasteiger partial charge >= 0.3 is 0 Å². The predicted octanol–water partition coefficient (Wildman–Crippen LogP) is 4.37. The summed E-state index contributed by atoms with van der Waals surface area (Å²) < 4.78 is 12.8. The summed E-state index contributed by atoms with van der Waals surface area (Å²) >= 11 is 6.71. The van der Waals surface area contributed by atoms with Crippen molar-refractivity contribution in [1.82, 2.24) is 14.3 Å². The van der Waals surface area contributed by atoms with Crippen molar-refractivity contribution in [2.24, 2.45) is 0 Å². The van der Waals surface area contributed by atoms with Crippen LogP contribution in [-0.4, -0.2) is 57.4 Å². The summed E-state index contributed by atoms with van der Waals surface area (Å²) in [5.74, 6) is 1.01. The number of fused-ring (bicyclic) bond motifs is 1. The number of thioether (sulfide) groups is 1. The number of rotatable bonds is 11. The molecule has 3 aromatic rings. The van der Waals surface area contributed by atoms with Crippen LogP contribution in [0.2, 0.25) is 0 Å². The molecule has 3 heterocycles. The number of amides is 1. The van der Waals surface area contributed by atoms with Gasteiger partial charge in [-0.1, -0.05) is 42.2 Å². The summed E-state index contributed by atoms with van der Waals surface area (Å²) in [7, 11) is 1.63. The molecule has 0 atom stereocenters. The second-order valence-corrected chi connectivity index (χ2v) is 10.4. The standard InChI is InChI=1S/C27H30N4O4S2/c1-18(2)35-16-6-13-28-24-21(25(32)30-14-5-4-7-23(30)29-24)17-22-26(33)31(27(36)37-22)15-12-19-8-10-20(34-3)11-9-19/h4-5,7-11,14,17-18,28H,6,12-13,15-16H2,1-3H3/b22-17-. The van der Waals surface area contributed by atoms with E-state index in [9.17, 15) is 9.59 Å². The number of hydrogen-bond acceptors (Lipinski definition) is 8. The Balaban J connectivity index is 1.55. The van der Waals surface area contributed by atoms with Gasteiger partial charge in [0.2, 0.25) is 0 Å². The fourth-order valence-electron chi connectivity index (χ4n) is 3.82. The van der Waals surface area contributed by atoms with E-state index in [4.69, 9.17) is 21.7 Å². The second-order valence-electron chi connectivity index (χ2n) is 8.74. The maximum Gasteiger partial charge on any atom is 0.267 e. The number of thiocarbonyl (C=S) groups is 1. The van der Waals surface area contributed by atoms with E-state index in [-0.39, 0.29) is 17.6 Å². The predicted molar refractivity (Wildman–Crippen MR) is 152 cm³/mol. The minimum atomic E-state index is -0.255. The van der Waals surface area contributed by atoms with Gasteiger partial charge in [-0.15, -0.1) is 0 Å². The minimum absolute atomic E-state index is 0.158. The topological polar surface area (TPSA) is 85.2 Å². The van der Waals surface area contributed by atoms with Crippen LogP contribution in [-0.2, 0) is 16.0 Å². The van der Waals surface area contributed by atoms with E-state index in [1.54, 1.807) is 36.4 Å². The Labute approximate surface area is 225 Å². The normalized spacial score (nSPS) is 14.8. The molecule has 1 N–H and O–H groups in total. The molecule has 8 nitrogen and oxygen atoms in total. The van der Waals surface area contributed by atoms with Gasteiger partial charge in [0.15, 0.2) is 0 Å². The molecule has 0 spiro atoms. The molecule has 0 unspecified atom stereocenters. The van der Waals surface area contributed by atoms with Crippen molar-refractivity contribution >= 4 is 51.7 Å². The van der Waals surface area contributed by atoms with Crippen molar-refractivity contribution < 1.29 is 14.3 Å². The zero-order valence-electron chi connectivity index (χ0n) is 21.1. The third-order valence-corrected chi connectivity index (χ3v) is 7.14. The van der Waals surface area contributed by atoms with Crippen LogP contribution in [0.15, 0.2) is 58.4 Å². The number of nitrogens with one attached hydrogen (secondary N) is 1. The summed E-state index contributed by atoms with van der Waals surface area (Å²) in [6.07, 6.45) is 4.83. The smallest absolute Gasteiger partial charge is 0.267 e. The molecule has 2 aromatic heterocycles. The van der Waals surface area contributed by atoms with Gasteiger partial charge in [0, 0.05) is 25.9 Å². The fraction of sp³-hybridized carbons (Fsp3) is 0.333. The van der Waals surface area contributed by atoms with Gasteiger partial charge in [0.25, 0.3) is 11.5 Å². The summed E-state index contributed by atoms with van der Waals surface area (Å²) in [4.78, 5) is 33.3. The molecular weight excluding hydrogens is 508 g/mol. The van der Waals surface area contributed by atoms with Crippen LogP contribution in [0.3, 0.4) is 0 Å². The first-order valence-corrected chi connectivity index (χ1v) is 13.3. The molecule has 1 fully saturated rings. The van der Waals surface area contributed by atoms with E-state index >= 15 is 0 Å². The van der Waals surface area contributed by atoms with Crippen LogP contribution >= 0.6 is 24.0 Å². The highest BCUT2D eigenvalue weighted by atomic mass is 32.2. The molecule has 37 heavy (non-hydrogen) atoms. The Hall–Kier alpha value is -3.21. The Kier molecular flexibility index (Phi) is 8.96. The molecule has 0 saturated carbocycles. The van der Waals surface area contributed by atoms with Crippen molar-refractivity contribution in [3.63, 3.8) is 0 Å². The molecular formula is C27H30N4O4S2. The summed E-state index contributed by atoms with van der Waals surface area (Å²) in [6.45, 7) is 5.60. The maximum absolute atomic E-state index is 13.4. The second kappa shape index (κ2) is 12.4. The summed E-state index contributed by atoms with van der Waals surface area (Å²) in [6, 6.07) is 13.1. The van der Waals surface area contributed by atoms with E-state index in [1.807, 2.05) is 44.2 Å². The fourth-order valence-corrected chi connectivity index (χ4v) is 5.11. The van der Waals surface area contributed by atoms with Crippen LogP contribution in [0.25, 0.3) is 11.7 Å². The van der Waals surface area contributed by atoms with E-state index in [0.29, 0.717) is 52.4 Å². The van der Waals surface area contributed by atoms with Crippen molar-refractivity contribution in [2.45, 2.75) is 32.8 Å². The lowest BCUT2D eigenvalue weighted by Crippen LogP contribution is -2.30. The highest BCUT2D eigenvalue weighted by Crippen LogP contribution is 2.33. The molecule has 0 aliphatic carbocycles. The number of carbonyl (C=O) groups excluding carboxylic acids is 1. The van der Waals surface area contributed by atoms with Gasteiger partial charge in [-0.3, -0.25) is 18.9 Å². The number of carbonyl (C=O) groups is 1.